The largest absolute Gasteiger partial charge is 0.477 e. The Morgan fingerprint density at radius 1 is 1.62 bits per heavy atom. The third kappa shape index (κ3) is 1.82. The van der Waals surface area contributed by atoms with Crippen molar-refractivity contribution in [3.63, 3.8) is 0 Å². The zero-order valence-corrected chi connectivity index (χ0v) is 10.3. The fraction of sp³-hybridized carbons (Fsp3) is 0.455. The van der Waals surface area contributed by atoms with Gasteiger partial charge in [0.25, 0.3) is 0 Å². The van der Waals surface area contributed by atoms with Gasteiger partial charge in [0.1, 0.15) is 9.71 Å². The van der Waals surface area contributed by atoms with E-state index in [0.29, 0.717) is 10.8 Å². The van der Waals surface area contributed by atoms with Gasteiger partial charge in [-0.15, -0.1) is 11.3 Å². The molecule has 0 fully saturated rings. The lowest BCUT2D eigenvalue weighted by atomic mass is 10.1. The van der Waals surface area contributed by atoms with Crippen LogP contribution >= 0.6 is 11.3 Å². The standard InChI is InChI=1S/C11H14N2O2S/c1-6(2)4-8-7-5-9(11(14)15)16-10(7)13(3)12-8/h5-6H,4H2,1-3H3,(H,14,15). The first-order valence-electron chi connectivity index (χ1n) is 5.17. The molecule has 0 saturated heterocycles. The van der Waals surface area contributed by atoms with Crippen LogP contribution in [0.4, 0.5) is 0 Å². The molecule has 86 valence electrons. The monoisotopic (exact) mass is 238 g/mol. The maximum Gasteiger partial charge on any atom is 0.345 e. The minimum absolute atomic E-state index is 0.382. The Hall–Kier alpha value is -1.36. The van der Waals surface area contributed by atoms with Crippen molar-refractivity contribution in [3.05, 3.63) is 16.6 Å². The summed E-state index contributed by atoms with van der Waals surface area (Å²) >= 11 is 1.28. The van der Waals surface area contributed by atoms with Crippen LogP contribution in [0.1, 0.15) is 29.2 Å². The van der Waals surface area contributed by atoms with E-state index in [1.54, 1.807) is 10.7 Å². The second-order valence-corrected chi connectivity index (χ2v) is 5.33. The summed E-state index contributed by atoms with van der Waals surface area (Å²) in [6.45, 7) is 4.26. The van der Waals surface area contributed by atoms with E-state index in [4.69, 9.17) is 5.11 Å². The van der Waals surface area contributed by atoms with Crippen LogP contribution in [0.2, 0.25) is 0 Å². The van der Waals surface area contributed by atoms with E-state index in [0.717, 1.165) is 22.3 Å². The van der Waals surface area contributed by atoms with Gasteiger partial charge >= 0.3 is 5.97 Å². The van der Waals surface area contributed by atoms with Crippen molar-refractivity contribution in [1.29, 1.82) is 0 Å². The average Bonchev–Trinajstić information content (AvgIpc) is 2.68. The highest BCUT2D eigenvalue weighted by Crippen LogP contribution is 2.29. The summed E-state index contributed by atoms with van der Waals surface area (Å²) in [5.74, 6) is -0.344. The molecule has 4 nitrogen and oxygen atoms in total. The number of aromatic carboxylic acids is 1. The summed E-state index contributed by atoms with van der Waals surface area (Å²) in [7, 11) is 1.86. The van der Waals surface area contributed by atoms with Crippen LogP contribution in [0.15, 0.2) is 6.07 Å². The van der Waals surface area contributed by atoms with Gasteiger partial charge in [-0.2, -0.15) is 5.10 Å². The van der Waals surface area contributed by atoms with Gasteiger partial charge in [-0.05, 0) is 18.4 Å². The molecule has 0 aliphatic carbocycles. The predicted octanol–water partition coefficient (Wildman–Crippen LogP) is 2.53. The van der Waals surface area contributed by atoms with Crippen LogP contribution in [-0.4, -0.2) is 20.9 Å². The predicted molar refractivity (Wildman–Crippen MR) is 64.1 cm³/mol. The highest BCUT2D eigenvalue weighted by molar-refractivity contribution is 7.20. The molecular weight excluding hydrogens is 224 g/mol. The van der Waals surface area contributed by atoms with Crippen LogP contribution in [0.3, 0.4) is 0 Å². The Bertz CT molecular complexity index is 539. The quantitative estimate of drug-likeness (QED) is 0.894. The second-order valence-electron chi connectivity index (χ2n) is 4.30. The molecule has 0 aliphatic heterocycles. The molecule has 2 heterocycles. The van der Waals surface area contributed by atoms with E-state index in [9.17, 15) is 4.79 Å². The molecule has 0 radical (unpaired) electrons. The van der Waals surface area contributed by atoms with Crippen molar-refractivity contribution < 1.29 is 9.90 Å². The Balaban J connectivity index is 2.54. The van der Waals surface area contributed by atoms with E-state index in [2.05, 4.69) is 18.9 Å². The molecule has 0 aliphatic rings. The normalized spacial score (nSPS) is 11.5. The number of fused-ring (bicyclic) bond motifs is 1. The highest BCUT2D eigenvalue weighted by atomic mass is 32.1. The van der Waals surface area contributed by atoms with Crippen LogP contribution in [0.25, 0.3) is 10.2 Å². The molecule has 2 rings (SSSR count). The summed E-state index contributed by atoms with van der Waals surface area (Å²) < 4.78 is 1.77. The summed E-state index contributed by atoms with van der Waals surface area (Å²) in [5.41, 5.74) is 0.997. The zero-order chi connectivity index (χ0) is 11.9. The molecule has 2 aromatic heterocycles. The number of hydrogen-bond donors (Lipinski definition) is 1. The summed E-state index contributed by atoms with van der Waals surface area (Å²) in [6, 6.07) is 1.73. The first kappa shape index (κ1) is 11.1. The Labute approximate surface area is 97.5 Å². The summed E-state index contributed by atoms with van der Waals surface area (Å²) in [4.78, 5) is 12.2. The maximum atomic E-state index is 10.9. The fourth-order valence-electron chi connectivity index (χ4n) is 1.75. The lowest BCUT2D eigenvalue weighted by Gasteiger charge is -1.99. The highest BCUT2D eigenvalue weighted by Gasteiger charge is 2.16. The van der Waals surface area contributed by atoms with Crippen molar-refractivity contribution in [1.82, 2.24) is 9.78 Å². The second kappa shape index (κ2) is 3.90. The first-order chi connectivity index (χ1) is 7.49. The van der Waals surface area contributed by atoms with Gasteiger partial charge in [-0.25, -0.2) is 4.79 Å². The molecular formula is C11H14N2O2S. The first-order valence-corrected chi connectivity index (χ1v) is 5.99. The molecule has 0 saturated carbocycles. The lowest BCUT2D eigenvalue weighted by molar-refractivity contribution is 0.0702. The molecule has 0 bridgehead atoms. The van der Waals surface area contributed by atoms with Gasteiger partial charge in [0.2, 0.25) is 0 Å². The van der Waals surface area contributed by atoms with Crippen molar-refractivity contribution >= 4 is 27.5 Å². The molecule has 0 atom stereocenters. The lowest BCUT2D eigenvalue weighted by Crippen LogP contribution is -1.98. The van der Waals surface area contributed by atoms with Crippen molar-refractivity contribution in [2.75, 3.05) is 0 Å². The number of rotatable bonds is 3. The van der Waals surface area contributed by atoms with E-state index in [-0.39, 0.29) is 0 Å². The number of aryl methyl sites for hydroxylation is 1. The minimum Gasteiger partial charge on any atom is -0.477 e. The third-order valence-electron chi connectivity index (χ3n) is 2.40. The van der Waals surface area contributed by atoms with Gasteiger partial charge in [-0.1, -0.05) is 13.8 Å². The van der Waals surface area contributed by atoms with Crippen molar-refractivity contribution in [2.24, 2.45) is 13.0 Å². The van der Waals surface area contributed by atoms with Crippen molar-refractivity contribution in [3.8, 4) is 0 Å². The molecule has 0 amide bonds. The number of aromatic nitrogens is 2. The van der Waals surface area contributed by atoms with Gasteiger partial charge in [-0.3, -0.25) is 4.68 Å². The summed E-state index contributed by atoms with van der Waals surface area (Å²) in [5, 5.41) is 14.4. The van der Waals surface area contributed by atoms with E-state index in [1.807, 2.05) is 7.05 Å². The number of carboxylic acid groups (broad SMARTS) is 1. The third-order valence-corrected chi connectivity index (χ3v) is 3.59. The Morgan fingerprint density at radius 2 is 2.31 bits per heavy atom. The average molecular weight is 238 g/mol. The fourth-order valence-corrected chi connectivity index (χ4v) is 2.68. The summed E-state index contributed by atoms with van der Waals surface area (Å²) in [6.07, 6.45) is 0.882. The van der Waals surface area contributed by atoms with Crippen molar-refractivity contribution in [2.45, 2.75) is 20.3 Å². The van der Waals surface area contributed by atoms with Crippen LogP contribution in [-0.2, 0) is 13.5 Å². The molecule has 16 heavy (non-hydrogen) atoms. The van der Waals surface area contributed by atoms with Crippen LogP contribution in [0.5, 0.6) is 0 Å². The molecule has 0 aromatic carbocycles. The molecule has 5 heteroatoms. The molecule has 1 N–H and O–H groups in total. The Kier molecular flexibility index (Phi) is 2.71. The molecule has 2 aromatic rings. The van der Waals surface area contributed by atoms with Gasteiger partial charge in [0.05, 0.1) is 5.69 Å². The number of thiophene rings is 1. The molecule has 0 spiro atoms. The Morgan fingerprint density at radius 3 is 2.88 bits per heavy atom. The zero-order valence-electron chi connectivity index (χ0n) is 9.52. The van der Waals surface area contributed by atoms with Crippen LogP contribution in [0, 0.1) is 5.92 Å². The van der Waals surface area contributed by atoms with Crippen LogP contribution < -0.4 is 0 Å². The minimum atomic E-state index is -0.864. The number of carboxylic acids is 1. The van der Waals surface area contributed by atoms with E-state index < -0.39 is 5.97 Å². The number of hydrogen-bond acceptors (Lipinski definition) is 3. The van der Waals surface area contributed by atoms with E-state index >= 15 is 0 Å². The van der Waals surface area contributed by atoms with E-state index in [1.165, 1.54) is 11.3 Å². The SMILES string of the molecule is CC(C)Cc1nn(C)c2sc(C(=O)O)cc12. The van der Waals surface area contributed by atoms with Gasteiger partial charge in [0, 0.05) is 12.4 Å². The smallest absolute Gasteiger partial charge is 0.345 e. The molecule has 0 unspecified atom stereocenters. The van der Waals surface area contributed by atoms with Gasteiger partial charge < -0.3 is 5.11 Å². The van der Waals surface area contributed by atoms with Gasteiger partial charge in [0.15, 0.2) is 0 Å². The number of nitrogens with zero attached hydrogens (tertiary/aromatic N) is 2. The number of carbonyl (C=O) groups is 1. The maximum absolute atomic E-state index is 10.9. The topological polar surface area (TPSA) is 55.1 Å².